The summed E-state index contributed by atoms with van der Waals surface area (Å²) in [6, 6.07) is 9.77. The summed E-state index contributed by atoms with van der Waals surface area (Å²) in [7, 11) is -3.21. The Kier molecular flexibility index (Phi) is 3.73. The van der Waals surface area contributed by atoms with E-state index in [1.165, 1.54) is 11.8 Å². The van der Waals surface area contributed by atoms with E-state index >= 15 is 0 Å². The molecule has 17 heavy (non-hydrogen) atoms. The fourth-order valence-electron chi connectivity index (χ4n) is 1.62. The van der Waals surface area contributed by atoms with E-state index in [0.29, 0.717) is 18.8 Å². The van der Waals surface area contributed by atoms with Crippen LogP contribution in [0.2, 0.25) is 0 Å². The van der Waals surface area contributed by atoms with Gasteiger partial charge in [0.25, 0.3) is 0 Å². The molecule has 2 rings (SSSR count). The molecule has 1 aliphatic rings. The van der Waals surface area contributed by atoms with Gasteiger partial charge in [-0.1, -0.05) is 30.3 Å². The van der Waals surface area contributed by atoms with Crippen molar-refractivity contribution in [1.29, 1.82) is 0 Å². The monoisotopic (exact) mass is 270 g/mol. The number of rotatable bonds is 3. The van der Waals surface area contributed by atoms with Gasteiger partial charge >= 0.3 is 0 Å². The lowest BCUT2D eigenvalue weighted by molar-refractivity contribution is 0.595. The Morgan fingerprint density at radius 2 is 2.12 bits per heavy atom. The zero-order valence-electron chi connectivity index (χ0n) is 9.46. The number of benzene rings is 1. The van der Waals surface area contributed by atoms with Crippen molar-refractivity contribution in [1.82, 2.24) is 4.72 Å². The summed E-state index contributed by atoms with van der Waals surface area (Å²) in [5.41, 5.74) is 1.08. The van der Waals surface area contributed by atoms with E-state index in [4.69, 9.17) is 0 Å². The molecular weight excluding hydrogens is 256 g/mol. The third-order valence-corrected chi connectivity index (χ3v) is 5.93. The number of hydrogen-bond acceptors (Lipinski definition) is 4. The third-order valence-electron chi connectivity index (χ3n) is 2.52. The van der Waals surface area contributed by atoms with Gasteiger partial charge < -0.3 is 0 Å². The maximum atomic E-state index is 11.6. The van der Waals surface area contributed by atoms with Gasteiger partial charge in [0.1, 0.15) is 10.4 Å². The first kappa shape index (κ1) is 12.4. The van der Waals surface area contributed by atoms with Gasteiger partial charge in [0.2, 0.25) is 10.0 Å². The predicted molar refractivity (Wildman–Crippen MR) is 71.6 cm³/mol. The molecule has 1 aliphatic heterocycles. The van der Waals surface area contributed by atoms with E-state index in [-0.39, 0.29) is 0 Å². The highest BCUT2D eigenvalue weighted by Crippen LogP contribution is 2.23. The van der Waals surface area contributed by atoms with Crippen LogP contribution in [0.25, 0.3) is 0 Å². The van der Waals surface area contributed by atoms with Gasteiger partial charge in [-0.05, 0) is 11.8 Å². The second kappa shape index (κ2) is 5.10. The van der Waals surface area contributed by atoms with Crippen LogP contribution >= 0.6 is 11.8 Å². The molecule has 1 N–H and O–H groups in total. The van der Waals surface area contributed by atoms with Crippen LogP contribution in [0.3, 0.4) is 0 Å². The summed E-state index contributed by atoms with van der Waals surface area (Å²) in [6.07, 6.45) is 2.26. The SMILES string of the molecule is CSC1CC(=NCc2ccccc2)NS1(=O)=O. The molecule has 0 amide bonds. The Labute approximate surface area is 106 Å². The molecule has 1 saturated heterocycles. The smallest absolute Gasteiger partial charge is 0.246 e. The van der Waals surface area contributed by atoms with Crippen LogP contribution in [0.4, 0.5) is 0 Å². The number of amidine groups is 1. The molecule has 92 valence electrons. The molecule has 0 bridgehead atoms. The maximum absolute atomic E-state index is 11.6. The van der Waals surface area contributed by atoms with Gasteiger partial charge in [0.15, 0.2) is 0 Å². The summed E-state index contributed by atoms with van der Waals surface area (Å²) in [5.74, 6) is 0.563. The van der Waals surface area contributed by atoms with Crippen LogP contribution in [0.5, 0.6) is 0 Å². The average Bonchev–Trinajstić information content (AvgIpc) is 2.62. The molecule has 1 fully saturated rings. The quantitative estimate of drug-likeness (QED) is 0.907. The molecule has 1 unspecified atom stereocenters. The minimum absolute atomic E-state index is 0.406. The highest BCUT2D eigenvalue weighted by molar-refractivity contribution is 8.12. The Morgan fingerprint density at radius 1 is 1.41 bits per heavy atom. The van der Waals surface area contributed by atoms with Crippen LogP contribution in [-0.4, -0.2) is 25.1 Å². The van der Waals surface area contributed by atoms with Crippen molar-refractivity contribution in [3.05, 3.63) is 35.9 Å². The Bertz CT molecular complexity index is 512. The van der Waals surface area contributed by atoms with Crippen LogP contribution in [-0.2, 0) is 16.6 Å². The topological polar surface area (TPSA) is 58.5 Å². The van der Waals surface area contributed by atoms with E-state index in [1.54, 1.807) is 6.26 Å². The molecule has 0 aliphatic carbocycles. The lowest BCUT2D eigenvalue weighted by Gasteiger charge is -2.00. The first-order chi connectivity index (χ1) is 8.12. The van der Waals surface area contributed by atoms with Crippen LogP contribution in [0, 0.1) is 0 Å². The number of aliphatic imine (C=N–C) groups is 1. The predicted octanol–water partition coefficient (Wildman–Crippen LogP) is 1.60. The zero-order valence-corrected chi connectivity index (χ0v) is 11.1. The minimum atomic E-state index is -3.21. The summed E-state index contributed by atoms with van der Waals surface area (Å²) in [6.45, 7) is 0.514. The molecule has 1 aromatic rings. The number of thioether (sulfide) groups is 1. The number of nitrogens with one attached hydrogen (secondary N) is 1. The van der Waals surface area contributed by atoms with E-state index in [2.05, 4.69) is 9.71 Å². The van der Waals surface area contributed by atoms with Crippen molar-refractivity contribution in [3.8, 4) is 0 Å². The molecule has 0 aromatic heterocycles. The lowest BCUT2D eigenvalue weighted by atomic mass is 10.2. The fourth-order valence-corrected chi connectivity index (χ4v) is 4.08. The Balaban J connectivity index is 2.06. The van der Waals surface area contributed by atoms with Crippen molar-refractivity contribution in [3.63, 3.8) is 0 Å². The van der Waals surface area contributed by atoms with Crippen LogP contribution in [0.15, 0.2) is 35.3 Å². The molecule has 1 heterocycles. The first-order valence-electron chi connectivity index (χ1n) is 5.23. The fraction of sp³-hybridized carbons (Fsp3) is 0.364. The highest BCUT2D eigenvalue weighted by atomic mass is 32.3. The first-order valence-corrected chi connectivity index (χ1v) is 8.07. The van der Waals surface area contributed by atoms with Gasteiger partial charge in [0, 0.05) is 6.42 Å². The van der Waals surface area contributed by atoms with Gasteiger partial charge in [-0.25, -0.2) is 8.42 Å². The average molecular weight is 270 g/mol. The van der Waals surface area contributed by atoms with E-state index in [0.717, 1.165) is 5.56 Å². The molecule has 0 radical (unpaired) electrons. The molecule has 0 spiro atoms. The highest BCUT2D eigenvalue weighted by Gasteiger charge is 2.34. The lowest BCUT2D eigenvalue weighted by Crippen LogP contribution is -2.23. The third kappa shape index (κ3) is 3.01. The summed E-state index contributed by atoms with van der Waals surface area (Å²) in [5, 5.41) is 0. The number of sulfonamides is 1. The molecular formula is C11H14N2O2S2. The summed E-state index contributed by atoms with van der Waals surface area (Å²) < 4.78 is 25.3. The van der Waals surface area contributed by atoms with Crippen LogP contribution < -0.4 is 4.72 Å². The summed E-state index contributed by atoms with van der Waals surface area (Å²) >= 11 is 1.33. The van der Waals surface area contributed by atoms with Crippen molar-refractivity contribution in [2.45, 2.75) is 17.5 Å². The molecule has 6 heteroatoms. The van der Waals surface area contributed by atoms with Crippen LogP contribution in [0.1, 0.15) is 12.0 Å². The summed E-state index contributed by atoms with van der Waals surface area (Å²) in [4.78, 5) is 4.30. The maximum Gasteiger partial charge on any atom is 0.246 e. The second-order valence-corrected chi connectivity index (χ2v) is 6.97. The van der Waals surface area contributed by atoms with Crippen molar-refractivity contribution in [2.75, 3.05) is 6.26 Å². The van der Waals surface area contributed by atoms with E-state index < -0.39 is 14.6 Å². The van der Waals surface area contributed by atoms with Gasteiger partial charge in [-0.15, -0.1) is 11.8 Å². The molecule has 1 atom stereocenters. The number of hydrogen-bond donors (Lipinski definition) is 1. The standard InChI is InChI=1S/C11H14N2O2S2/c1-16-11-7-10(13-17(11,14)15)12-8-9-5-3-2-4-6-9/h2-6,11H,7-8H2,1H3,(H,12,13). The van der Waals surface area contributed by atoms with E-state index in [1.807, 2.05) is 30.3 Å². The Morgan fingerprint density at radius 3 is 2.71 bits per heavy atom. The molecule has 1 aromatic carbocycles. The normalized spacial score (nSPS) is 24.8. The van der Waals surface area contributed by atoms with Gasteiger partial charge in [0.05, 0.1) is 6.54 Å². The Hall–Kier alpha value is -1.01. The zero-order chi connectivity index (χ0) is 12.3. The largest absolute Gasteiger partial charge is 0.270 e. The molecule has 0 saturated carbocycles. The second-order valence-electron chi connectivity index (χ2n) is 3.76. The number of nitrogens with zero attached hydrogens (tertiary/aromatic N) is 1. The van der Waals surface area contributed by atoms with Gasteiger partial charge in [-0.2, -0.15) is 0 Å². The van der Waals surface area contributed by atoms with Crippen molar-refractivity contribution in [2.24, 2.45) is 4.99 Å². The van der Waals surface area contributed by atoms with E-state index in [9.17, 15) is 8.42 Å². The van der Waals surface area contributed by atoms with Crippen molar-refractivity contribution < 1.29 is 8.42 Å². The minimum Gasteiger partial charge on any atom is -0.270 e. The molecule has 4 nitrogen and oxygen atoms in total. The van der Waals surface area contributed by atoms with Gasteiger partial charge in [-0.3, -0.25) is 9.71 Å². The van der Waals surface area contributed by atoms with Crippen molar-refractivity contribution >= 4 is 27.6 Å².